The van der Waals surface area contributed by atoms with Crippen molar-refractivity contribution in [2.75, 3.05) is 32.8 Å². The molecule has 0 spiro atoms. The molecule has 0 unspecified atom stereocenters. The van der Waals surface area contributed by atoms with Gasteiger partial charge in [0.25, 0.3) is 0 Å². The second-order valence-electron chi connectivity index (χ2n) is 8.39. The lowest BCUT2D eigenvalue weighted by Crippen LogP contribution is -2.47. The van der Waals surface area contributed by atoms with Crippen LogP contribution in [-0.2, 0) is 11.3 Å². The van der Waals surface area contributed by atoms with Crippen LogP contribution in [0.4, 0.5) is 0 Å². The van der Waals surface area contributed by atoms with Crippen LogP contribution in [-0.4, -0.2) is 53.5 Å². The molecule has 0 aliphatic carbocycles. The van der Waals surface area contributed by atoms with E-state index in [9.17, 15) is 4.79 Å². The van der Waals surface area contributed by atoms with E-state index in [0.29, 0.717) is 6.61 Å². The number of rotatable bonds is 6. The van der Waals surface area contributed by atoms with Crippen molar-refractivity contribution in [2.24, 2.45) is 0 Å². The first-order valence-corrected chi connectivity index (χ1v) is 11.2. The molecule has 32 heavy (non-hydrogen) atoms. The zero-order chi connectivity index (χ0) is 22.7. The number of furan rings is 1. The van der Waals surface area contributed by atoms with E-state index in [1.807, 2.05) is 57.1 Å². The maximum Gasteiger partial charge on any atom is 0.246 e. The van der Waals surface area contributed by atoms with Gasteiger partial charge >= 0.3 is 0 Å². The van der Waals surface area contributed by atoms with E-state index >= 15 is 0 Å². The van der Waals surface area contributed by atoms with Gasteiger partial charge in [-0.05, 0) is 62.6 Å². The van der Waals surface area contributed by atoms with E-state index in [4.69, 9.17) is 9.15 Å². The Morgan fingerprint density at radius 3 is 2.59 bits per heavy atom. The summed E-state index contributed by atoms with van der Waals surface area (Å²) >= 11 is 0. The van der Waals surface area contributed by atoms with Crippen molar-refractivity contribution in [2.45, 2.75) is 34.2 Å². The number of hydrogen-bond donors (Lipinski definition) is 0. The van der Waals surface area contributed by atoms with Crippen molar-refractivity contribution in [3.8, 4) is 5.75 Å². The van der Waals surface area contributed by atoms with Crippen LogP contribution >= 0.6 is 0 Å². The summed E-state index contributed by atoms with van der Waals surface area (Å²) in [4.78, 5) is 21.4. The van der Waals surface area contributed by atoms with Gasteiger partial charge in [0.05, 0.1) is 12.9 Å². The normalized spacial score (nSPS) is 15.4. The van der Waals surface area contributed by atoms with Crippen molar-refractivity contribution in [1.29, 1.82) is 0 Å². The molecular formula is C26H31N3O3. The summed E-state index contributed by atoms with van der Waals surface area (Å²) < 4.78 is 11.7. The van der Waals surface area contributed by atoms with Crippen molar-refractivity contribution in [3.63, 3.8) is 0 Å². The fourth-order valence-corrected chi connectivity index (χ4v) is 4.29. The maximum absolute atomic E-state index is 13.0. The smallest absolute Gasteiger partial charge is 0.246 e. The first kappa shape index (κ1) is 22.1. The Bertz CT molecular complexity index is 1130. The second kappa shape index (κ2) is 9.57. The number of aromatic nitrogens is 1. The van der Waals surface area contributed by atoms with E-state index in [0.717, 1.165) is 71.7 Å². The molecule has 2 aromatic heterocycles. The SMILES string of the molecule is CCOc1c(/C(C)=C/C(=O)N2CCN(Cc3ccncc3)CC2)cc2c(C)coc2c1C. The molecule has 1 amide bonds. The first-order chi connectivity index (χ1) is 15.5. The molecule has 1 fully saturated rings. The maximum atomic E-state index is 13.0. The predicted octanol–water partition coefficient (Wildman–Crippen LogP) is 4.59. The topological polar surface area (TPSA) is 58.8 Å². The number of amides is 1. The molecule has 0 atom stereocenters. The molecule has 1 aromatic carbocycles. The third-order valence-electron chi connectivity index (χ3n) is 6.13. The molecule has 0 radical (unpaired) electrons. The van der Waals surface area contributed by atoms with Gasteiger partial charge in [0, 0.05) is 67.7 Å². The Labute approximate surface area is 189 Å². The number of piperazine rings is 1. The summed E-state index contributed by atoms with van der Waals surface area (Å²) in [5, 5.41) is 1.06. The summed E-state index contributed by atoms with van der Waals surface area (Å²) in [6, 6.07) is 6.16. The van der Waals surface area contributed by atoms with Crippen molar-refractivity contribution in [3.05, 3.63) is 65.2 Å². The van der Waals surface area contributed by atoms with Gasteiger partial charge in [0.2, 0.25) is 5.91 Å². The molecule has 6 nitrogen and oxygen atoms in total. The number of allylic oxidation sites excluding steroid dienone is 1. The first-order valence-electron chi connectivity index (χ1n) is 11.2. The minimum Gasteiger partial charge on any atom is -0.493 e. The van der Waals surface area contributed by atoms with Crippen LogP contribution in [0, 0.1) is 13.8 Å². The van der Waals surface area contributed by atoms with Crippen molar-refractivity contribution >= 4 is 22.4 Å². The number of benzene rings is 1. The largest absolute Gasteiger partial charge is 0.493 e. The summed E-state index contributed by atoms with van der Waals surface area (Å²) in [5.41, 5.74) is 6.00. The van der Waals surface area contributed by atoms with E-state index in [1.54, 1.807) is 12.3 Å². The van der Waals surface area contributed by atoms with Crippen LogP contribution in [0.25, 0.3) is 16.5 Å². The summed E-state index contributed by atoms with van der Waals surface area (Å²) in [7, 11) is 0. The Hall–Kier alpha value is -3.12. The van der Waals surface area contributed by atoms with Gasteiger partial charge in [-0.15, -0.1) is 0 Å². The van der Waals surface area contributed by atoms with Gasteiger partial charge < -0.3 is 14.1 Å². The van der Waals surface area contributed by atoms with Gasteiger partial charge in [-0.25, -0.2) is 0 Å². The number of nitrogens with zero attached hydrogens (tertiary/aromatic N) is 3. The highest BCUT2D eigenvalue weighted by molar-refractivity contribution is 5.98. The van der Waals surface area contributed by atoms with Crippen LogP contribution in [0.15, 0.2) is 47.3 Å². The Kier molecular flexibility index (Phi) is 6.61. The highest BCUT2D eigenvalue weighted by Crippen LogP contribution is 2.37. The summed E-state index contributed by atoms with van der Waals surface area (Å²) in [6.45, 7) is 12.6. The standard InChI is InChI=1S/C26H31N3O3/c1-5-31-25-20(4)26-23(19(3)17-32-26)15-22(25)18(2)14-24(30)29-12-10-28(11-13-29)16-21-6-8-27-9-7-21/h6-9,14-15,17H,5,10-13,16H2,1-4H3/b18-14+. The third-order valence-corrected chi connectivity index (χ3v) is 6.13. The third kappa shape index (κ3) is 4.55. The Morgan fingerprint density at radius 2 is 1.91 bits per heavy atom. The van der Waals surface area contributed by atoms with Gasteiger partial charge in [-0.2, -0.15) is 0 Å². The van der Waals surface area contributed by atoms with Gasteiger partial charge in [-0.3, -0.25) is 14.7 Å². The molecule has 0 bridgehead atoms. The zero-order valence-corrected chi connectivity index (χ0v) is 19.4. The van der Waals surface area contributed by atoms with Crippen molar-refractivity contribution in [1.82, 2.24) is 14.8 Å². The van der Waals surface area contributed by atoms with Crippen LogP contribution in [0.5, 0.6) is 5.75 Å². The van der Waals surface area contributed by atoms with Crippen molar-refractivity contribution < 1.29 is 13.9 Å². The Morgan fingerprint density at radius 1 is 1.19 bits per heavy atom. The van der Waals surface area contributed by atoms with Gasteiger partial charge in [0.1, 0.15) is 11.3 Å². The number of carbonyl (C=O) groups is 1. The number of carbonyl (C=O) groups excluding carboxylic acids is 1. The molecule has 1 aliphatic rings. The number of fused-ring (bicyclic) bond motifs is 1. The molecule has 0 saturated carbocycles. The second-order valence-corrected chi connectivity index (χ2v) is 8.39. The predicted molar refractivity (Wildman–Crippen MR) is 127 cm³/mol. The lowest BCUT2D eigenvalue weighted by atomic mass is 9.98. The molecule has 4 rings (SSSR count). The number of hydrogen-bond acceptors (Lipinski definition) is 5. The molecule has 168 valence electrons. The minimum atomic E-state index is 0.0511. The summed E-state index contributed by atoms with van der Waals surface area (Å²) in [5.74, 6) is 0.841. The molecule has 6 heteroatoms. The average Bonchev–Trinajstić information content (AvgIpc) is 3.17. The molecular weight excluding hydrogens is 402 g/mol. The van der Waals surface area contributed by atoms with E-state index in [2.05, 4.69) is 16.0 Å². The number of pyridine rings is 1. The average molecular weight is 434 g/mol. The van der Waals surface area contributed by atoms with Crippen LogP contribution in [0.3, 0.4) is 0 Å². The highest BCUT2D eigenvalue weighted by Gasteiger charge is 2.22. The lowest BCUT2D eigenvalue weighted by Gasteiger charge is -2.34. The van der Waals surface area contributed by atoms with Crippen LogP contribution < -0.4 is 4.74 Å². The van der Waals surface area contributed by atoms with E-state index < -0.39 is 0 Å². The van der Waals surface area contributed by atoms with E-state index in [1.165, 1.54) is 5.56 Å². The summed E-state index contributed by atoms with van der Waals surface area (Å²) in [6.07, 6.45) is 7.16. The molecule has 1 aliphatic heterocycles. The lowest BCUT2D eigenvalue weighted by molar-refractivity contribution is -0.127. The zero-order valence-electron chi connectivity index (χ0n) is 19.4. The monoisotopic (exact) mass is 433 g/mol. The molecule has 3 aromatic rings. The fourth-order valence-electron chi connectivity index (χ4n) is 4.29. The fraction of sp³-hybridized carbons (Fsp3) is 0.385. The van der Waals surface area contributed by atoms with Gasteiger partial charge in [-0.1, -0.05) is 0 Å². The molecule has 0 N–H and O–H groups in total. The number of ether oxygens (including phenoxy) is 1. The minimum absolute atomic E-state index is 0.0511. The molecule has 3 heterocycles. The highest BCUT2D eigenvalue weighted by atomic mass is 16.5. The number of aryl methyl sites for hydroxylation is 2. The quantitative estimate of drug-likeness (QED) is 0.532. The Balaban J connectivity index is 1.49. The van der Waals surface area contributed by atoms with Crippen LogP contribution in [0.1, 0.15) is 36.1 Å². The van der Waals surface area contributed by atoms with E-state index in [-0.39, 0.29) is 5.91 Å². The van der Waals surface area contributed by atoms with Gasteiger partial charge in [0.15, 0.2) is 0 Å². The van der Waals surface area contributed by atoms with Crippen LogP contribution in [0.2, 0.25) is 0 Å². The molecule has 1 saturated heterocycles.